The number of hydrogen-bond acceptors (Lipinski definition) is 2. The van der Waals surface area contributed by atoms with E-state index in [1.807, 2.05) is 37.4 Å². The van der Waals surface area contributed by atoms with Gasteiger partial charge >= 0.3 is 0 Å². The Balaban J connectivity index is 2.10. The summed E-state index contributed by atoms with van der Waals surface area (Å²) in [5.74, 6) is -0.303. The van der Waals surface area contributed by atoms with Crippen molar-refractivity contribution < 1.29 is 4.39 Å². The number of hydrogen-bond donors (Lipinski definition) is 0. The molecule has 0 aliphatic rings. The van der Waals surface area contributed by atoms with Crippen LogP contribution >= 0.6 is 0 Å². The monoisotopic (exact) mass is 309 g/mol. The first kappa shape index (κ1) is 15.0. The second-order valence-corrected chi connectivity index (χ2v) is 5.23. The molecule has 5 heteroatoms. The molecule has 0 amide bonds. The third-order valence-corrected chi connectivity index (χ3v) is 3.75. The van der Waals surface area contributed by atoms with E-state index in [0.29, 0.717) is 5.69 Å². The molecule has 0 unspecified atom stereocenters. The number of benzene rings is 2. The summed E-state index contributed by atoms with van der Waals surface area (Å²) >= 11 is 0. The van der Waals surface area contributed by atoms with Gasteiger partial charge in [0.05, 0.1) is 5.69 Å². The van der Waals surface area contributed by atoms with Gasteiger partial charge in [-0.05, 0) is 17.7 Å². The predicted octanol–water partition coefficient (Wildman–Crippen LogP) is 3.28. The molecule has 4 nitrogen and oxygen atoms in total. The zero-order chi connectivity index (χ0) is 16.4. The Morgan fingerprint density at radius 1 is 0.957 bits per heavy atom. The van der Waals surface area contributed by atoms with Crippen LogP contribution < -0.4 is 5.56 Å². The molecular formula is C18H16FN3O. The lowest BCUT2D eigenvalue weighted by Crippen LogP contribution is -2.16. The number of aromatic nitrogens is 2. The highest BCUT2D eigenvalue weighted by Gasteiger charge is 2.16. The van der Waals surface area contributed by atoms with Crippen molar-refractivity contribution in [2.45, 2.75) is 0 Å². The van der Waals surface area contributed by atoms with Crippen LogP contribution in [0.3, 0.4) is 0 Å². The molecule has 0 N–H and O–H groups in total. The Morgan fingerprint density at radius 3 is 2.26 bits per heavy atom. The van der Waals surface area contributed by atoms with Gasteiger partial charge in [-0.2, -0.15) is 0 Å². The first-order valence-electron chi connectivity index (χ1n) is 7.19. The molecule has 1 heterocycles. The summed E-state index contributed by atoms with van der Waals surface area (Å²) in [5, 5.41) is 0. The second kappa shape index (κ2) is 6.04. The van der Waals surface area contributed by atoms with Gasteiger partial charge in [0.15, 0.2) is 5.69 Å². The summed E-state index contributed by atoms with van der Waals surface area (Å²) in [7, 11) is 3.52. The first-order chi connectivity index (χ1) is 11.1. The van der Waals surface area contributed by atoms with Crippen LogP contribution in [-0.4, -0.2) is 15.6 Å². The third-order valence-electron chi connectivity index (χ3n) is 3.75. The Bertz CT molecular complexity index is 906. The largest absolute Gasteiger partial charge is 0.292 e. The molecule has 23 heavy (non-hydrogen) atoms. The van der Waals surface area contributed by atoms with Crippen LogP contribution in [0.5, 0.6) is 0 Å². The molecule has 0 saturated carbocycles. The predicted molar refractivity (Wildman–Crippen MR) is 89.7 cm³/mol. The van der Waals surface area contributed by atoms with E-state index in [1.165, 1.54) is 16.8 Å². The minimum absolute atomic E-state index is 0.176. The van der Waals surface area contributed by atoms with Crippen molar-refractivity contribution in [3.05, 3.63) is 76.3 Å². The molecule has 0 aliphatic carbocycles. The van der Waals surface area contributed by atoms with E-state index in [1.54, 1.807) is 30.1 Å². The van der Waals surface area contributed by atoms with Gasteiger partial charge in [-0.25, -0.2) is 9.38 Å². The van der Waals surface area contributed by atoms with Crippen molar-refractivity contribution in [2.24, 2.45) is 19.1 Å². The van der Waals surface area contributed by atoms with Crippen molar-refractivity contribution in [1.29, 1.82) is 0 Å². The van der Waals surface area contributed by atoms with E-state index in [2.05, 4.69) is 4.99 Å². The Hall–Kier alpha value is -2.95. The Labute approximate surface area is 133 Å². The van der Waals surface area contributed by atoms with Crippen molar-refractivity contribution in [2.75, 3.05) is 0 Å². The average molecular weight is 309 g/mol. The van der Waals surface area contributed by atoms with Crippen molar-refractivity contribution in [3.8, 4) is 11.3 Å². The summed E-state index contributed by atoms with van der Waals surface area (Å²) in [6.07, 6.45) is 1.57. The number of rotatable bonds is 3. The maximum absolute atomic E-state index is 13.0. The normalized spacial score (nSPS) is 11.3. The van der Waals surface area contributed by atoms with Crippen LogP contribution in [0.2, 0.25) is 0 Å². The van der Waals surface area contributed by atoms with Crippen molar-refractivity contribution >= 4 is 11.9 Å². The van der Waals surface area contributed by atoms with Crippen LogP contribution in [0.15, 0.2) is 64.4 Å². The second-order valence-electron chi connectivity index (χ2n) is 5.23. The number of halogens is 1. The fourth-order valence-electron chi connectivity index (χ4n) is 2.42. The Morgan fingerprint density at radius 2 is 1.61 bits per heavy atom. The minimum atomic E-state index is -0.303. The van der Waals surface area contributed by atoms with Gasteiger partial charge in [0.2, 0.25) is 0 Å². The molecule has 3 rings (SSSR count). The molecule has 0 aliphatic heterocycles. The number of aliphatic imine (C=N–C) groups is 1. The molecule has 2 aromatic carbocycles. The van der Waals surface area contributed by atoms with E-state index in [9.17, 15) is 9.18 Å². The van der Waals surface area contributed by atoms with Crippen LogP contribution in [0.25, 0.3) is 11.3 Å². The average Bonchev–Trinajstić information content (AvgIpc) is 2.79. The van der Waals surface area contributed by atoms with Gasteiger partial charge in [-0.15, -0.1) is 0 Å². The van der Waals surface area contributed by atoms with E-state index in [0.717, 1.165) is 16.8 Å². The van der Waals surface area contributed by atoms with Crippen LogP contribution in [0.4, 0.5) is 10.1 Å². The zero-order valence-corrected chi connectivity index (χ0v) is 12.9. The fraction of sp³-hybridized carbons (Fsp3) is 0.111. The van der Waals surface area contributed by atoms with Crippen molar-refractivity contribution in [3.63, 3.8) is 0 Å². The number of nitrogens with zero attached hydrogens (tertiary/aromatic N) is 3. The van der Waals surface area contributed by atoms with Crippen LogP contribution in [0.1, 0.15) is 5.56 Å². The smallest absolute Gasteiger partial charge is 0.283 e. The van der Waals surface area contributed by atoms with Crippen LogP contribution in [0, 0.1) is 5.82 Å². The van der Waals surface area contributed by atoms with E-state index >= 15 is 0 Å². The Kier molecular flexibility index (Phi) is 3.93. The van der Waals surface area contributed by atoms with Gasteiger partial charge in [-0.1, -0.05) is 42.5 Å². The first-order valence-corrected chi connectivity index (χ1v) is 7.19. The minimum Gasteiger partial charge on any atom is -0.283 e. The summed E-state index contributed by atoms with van der Waals surface area (Å²) < 4.78 is 16.2. The summed E-state index contributed by atoms with van der Waals surface area (Å²) in [6, 6.07) is 15.6. The molecule has 0 radical (unpaired) electrons. The van der Waals surface area contributed by atoms with Gasteiger partial charge in [0.25, 0.3) is 5.56 Å². The highest BCUT2D eigenvalue weighted by Crippen LogP contribution is 2.27. The molecule has 3 aromatic rings. The van der Waals surface area contributed by atoms with Gasteiger partial charge in [0.1, 0.15) is 5.82 Å². The zero-order valence-electron chi connectivity index (χ0n) is 12.9. The molecule has 0 saturated heterocycles. The maximum atomic E-state index is 13.0. The van der Waals surface area contributed by atoms with Crippen molar-refractivity contribution in [1.82, 2.24) is 9.36 Å². The lowest BCUT2D eigenvalue weighted by atomic mass is 10.1. The molecule has 0 fully saturated rings. The van der Waals surface area contributed by atoms with Crippen LogP contribution in [-0.2, 0) is 14.1 Å². The quantitative estimate of drug-likeness (QED) is 0.684. The lowest BCUT2D eigenvalue weighted by Gasteiger charge is -2.05. The summed E-state index contributed by atoms with van der Waals surface area (Å²) in [4.78, 5) is 16.8. The van der Waals surface area contributed by atoms with Gasteiger partial charge in [-0.3, -0.25) is 14.2 Å². The molecule has 1 aromatic heterocycles. The van der Waals surface area contributed by atoms with Gasteiger partial charge in [0, 0.05) is 25.9 Å². The highest BCUT2D eigenvalue weighted by molar-refractivity contribution is 5.84. The van der Waals surface area contributed by atoms with E-state index < -0.39 is 0 Å². The summed E-state index contributed by atoms with van der Waals surface area (Å²) in [6.45, 7) is 0. The molecule has 0 atom stereocenters. The lowest BCUT2D eigenvalue weighted by molar-refractivity contribution is 0.584. The molecule has 0 spiro atoms. The molecular weight excluding hydrogens is 293 g/mol. The fourth-order valence-corrected chi connectivity index (χ4v) is 2.42. The van der Waals surface area contributed by atoms with E-state index in [-0.39, 0.29) is 11.4 Å². The molecule has 116 valence electrons. The van der Waals surface area contributed by atoms with Gasteiger partial charge < -0.3 is 0 Å². The molecule has 0 bridgehead atoms. The van der Waals surface area contributed by atoms with E-state index in [4.69, 9.17) is 0 Å². The third kappa shape index (κ3) is 2.85. The standard InChI is InChI=1S/C18H16FN3O/c1-21-17(14-6-4-3-5-7-14)16(18(23)22(21)2)20-12-13-8-10-15(19)11-9-13/h3-12H,1-2H3. The highest BCUT2D eigenvalue weighted by atomic mass is 19.1. The topological polar surface area (TPSA) is 39.3 Å². The SMILES string of the molecule is Cn1c(-c2ccccc2)c(N=Cc2ccc(F)cc2)c(=O)n1C. The summed E-state index contributed by atoms with van der Waals surface area (Å²) in [5.41, 5.74) is 2.59. The maximum Gasteiger partial charge on any atom is 0.292 e.